The molecule has 126 valence electrons. The Balaban J connectivity index is 2.44. The maximum Gasteiger partial charge on any atom is 0.239 e. The Morgan fingerprint density at radius 3 is 2.13 bits per heavy atom. The largest absolute Gasteiger partial charge is 0.493 e. The van der Waals surface area contributed by atoms with Gasteiger partial charge in [-0.25, -0.2) is 0 Å². The number of nitrogens with zero attached hydrogens (tertiary/aromatic N) is 1. The standard InChI is InChI=1S/C17H24N2O4/c1-3-22-13-6-5-7-14(23-4-2)15(13)16(17(18)21)19-10-8-12(20)9-11-19/h5-7,16H,3-4,8-11H2,1-2H3,(H2,18,21). The summed E-state index contributed by atoms with van der Waals surface area (Å²) in [5, 5.41) is 0. The van der Waals surface area contributed by atoms with Gasteiger partial charge in [0.2, 0.25) is 5.91 Å². The lowest BCUT2D eigenvalue weighted by atomic mass is 9.98. The quantitative estimate of drug-likeness (QED) is 0.826. The summed E-state index contributed by atoms with van der Waals surface area (Å²) in [6, 6.07) is 4.79. The third kappa shape index (κ3) is 4.01. The number of primary amides is 1. The normalized spacial score (nSPS) is 16.9. The zero-order chi connectivity index (χ0) is 16.8. The van der Waals surface area contributed by atoms with Crippen molar-refractivity contribution < 1.29 is 19.1 Å². The number of benzene rings is 1. The molecule has 0 aromatic heterocycles. The molecule has 23 heavy (non-hydrogen) atoms. The van der Waals surface area contributed by atoms with E-state index in [-0.39, 0.29) is 5.78 Å². The Hall–Kier alpha value is -2.08. The van der Waals surface area contributed by atoms with Gasteiger partial charge < -0.3 is 15.2 Å². The summed E-state index contributed by atoms with van der Waals surface area (Å²) in [6.45, 7) is 5.75. The van der Waals surface area contributed by atoms with Gasteiger partial charge in [-0.3, -0.25) is 14.5 Å². The first-order valence-corrected chi connectivity index (χ1v) is 8.02. The fourth-order valence-electron chi connectivity index (χ4n) is 2.89. The van der Waals surface area contributed by atoms with Crippen molar-refractivity contribution in [2.24, 2.45) is 5.73 Å². The SMILES string of the molecule is CCOc1cccc(OCC)c1C(C(N)=O)N1CCC(=O)CC1. The number of likely N-dealkylation sites (tertiary alicyclic amines) is 1. The van der Waals surface area contributed by atoms with Gasteiger partial charge in [-0.2, -0.15) is 0 Å². The van der Waals surface area contributed by atoms with Gasteiger partial charge in [0.25, 0.3) is 0 Å². The third-order valence-electron chi connectivity index (χ3n) is 3.89. The van der Waals surface area contributed by atoms with E-state index >= 15 is 0 Å². The Kier molecular flexibility index (Phi) is 5.98. The van der Waals surface area contributed by atoms with Crippen LogP contribution in [0.4, 0.5) is 0 Å². The highest BCUT2D eigenvalue weighted by atomic mass is 16.5. The molecule has 1 aliphatic rings. The summed E-state index contributed by atoms with van der Waals surface area (Å²) in [6.07, 6.45) is 0.870. The van der Waals surface area contributed by atoms with E-state index in [1.807, 2.05) is 36.9 Å². The smallest absolute Gasteiger partial charge is 0.239 e. The van der Waals surface area contributed by atoms with Crippen molar-refractivity contribution in [2.45, 2.75) is 32.7 Å². The first-order chi connectivity index (χ1) is 11.1. The predicted octanol–water partition coefficient (Wildman–Crippen LogP) is 1.68. The van der Waals surface area contributed by atoms with Crippen molar-refractivity contribution in [2.75, 3.05) is 26.3 Å². The summed E-state index contributed by atoms with van der Waals surface area (Å²) in [4.78, 5) is 25.6. The number of ether oxygens (including phenoxy) is 2. The van der Waals surface area contributed by atoms with Crippen molar-refractivity contribution in [3.63, 3.8) is 0 Å². The number of nitrogens with two attached hydrogens (primary N) is 1. The average Bonchev–Trinajstić information content (AvgIpc) is 2.52. The fraction of sp³-hybridized carbons (Fsp3) is 0.529. The van der Waals surface area contributed by atoms with Crippen LogP contribution < -0.4 is 15.2 Å². The number of hydrogen-bond donors (Lipinski definition) is 1. The molecule has 6 nitrogen and oxygen atoms in total. The third-order valence-corrected chi connectivity index (χ3v) is 3.89. The number of hydrogen-bond acceptors (Lipinski definition) is 5. The molecule has 1 aliphatic heterocycles. The molecule has 0 bridgehead atoms. The summed E-state index contributed by atoms with van der Waals surface area (Å²) in [5.74, 6) is 0.943. The Morgan fingerprint density at radius 1 is 1.17 bits per heavy atom. The monoisotopic (exact) mass is 320 g/mol. The van der Waals surface area contributed by atoms with Gasteiger partial charge in [0.1, 0.15) is 23.3 Å². The Labute approximate surface area is 136 Å². The molecule has 0 spiro atoms. The van der Waals surface area contributed by atoms with Crippen molar-refractivity contribution in [3.8, 4) is 11.5 Å². The van der Waals surface area contributed by atoms with Crippen LogP contribution in [0, 0.1) is 0 Å². The number of piperidine rings is 1. The first kappa shape index (κ1) is 17.3. The van der Waals surface area contributed by atoms with Gasteiger partial charge >= 0.3 is 0 Å². The average molecular weight is 320 g/mol. The highest BCUT2D eigenvalue weighted by Gasteiger charge is 2.33. The summed E-state index contributed by atoms with van der Waals surface area (Å²) in [7, 11) is 0. The van der Waals surface area contributed by atoms with Crippen LogP contribution in [0.15, 0.2) is 18.2 Å². The molecule has 1 fully saturated rings. The maximum absolute atomic E-state index is 12.2. The van der Waals surface area contributed by atoms with Crippen LogP contribution in [0.5, 0.6) is 11.5 Å². The molecule has 1 amide bonds. The number of Topliss-reactive ketones (excluding diaryl/α,β-unsaturated/α-hetero) is 1. The molecular formula is C17H24N2O4. The van der Waals surface area contributed by atoms with E-state index in [1.165, 1.54) is 0 Å². The van der Waals surface area contributed by atoms with Crippen LogP contribution in [0.1, 0.15) is 38.3 Å². The second-order valence-corrected chi connectivity index (χ2v) is 5.41. The Bertz CT molecular complexity index is 539. The lowest BCUT2D eigenvalue weighted by Gasteiger charge is -2.33. The maximum atomic E-state index is 12.2. The molecule has 1 aromatic rings. The Morgan fingerprint density at radius 2 is 1.70 bits per heavy atom. The van der Waals surface area contributed by atoms with E-state index in [0.717, 1.165) is 0 Å². The molecule has 0 radical (unpaired) electrons. The fourth-order valence-corrected chi connectivity index (χ4v) is 2.89. The number of amides is 1. The van der Waals surface area contributed by atoms with E-state index < -0.39 is 11.9 Å². The van der Waals surface area contributed by atoms with Gasteiger partial charge in [0, 0.05) is 25.9 Å². The molecular weight excluding hydrogens is 296 g/mol. The molecule has 1 aromatic carbocycles. The highest BCUT2D eigenvalue weighted by molar-refractivity contribution is 5.84. The molecule has 1 heterocycles. The van der Waals surface area contributed by atoms with E-state index in [9.17, 15) is 9.59 Å². The second-order valence-electron chi connectivity index (χ2n) is 5.41. The zero-order valence-electron chi connectivity index (χ0n) is 13.7. The van der Waals surface area contributed by atoms with Crippen molar-refractivity contribution >= 4 is 11.7 Å². The minimum Gasteiger partial charge on any atom is -0.493 e. The van der Waals surface area contributed by atoms with Gasteiger partial charge in [0.05, 0.1) is 18.8 Å². The van der Waals surface area contributed by atoms with Crippen molar-refractivity contribution in [1.29, 1.82) is 0 Å². The molecule has 0 saturated carbocycles. The van der Waals surface area contributed by atoms with Gasteiger partial charge in [-0.1, -0.05) is 6.07 Å². The minimum absolute atomic E-state index is 0.215. The summed E-state index contributed by atoms with van der Waals surface area (Å²) >= 11 is 0. The van der Waals surface area contributed by atoms with Crippen LogP contribution in [-0.2, 0) is 9.59 Å². The minimum atomic E-state index is -0.660. The molecule has 1 saturated heterocycles. The lowest BCUT2D eigenvalue weighted by Crippen LogP contribution is -2.43. The molecule has 6 heteroatoms. The molecule has 0 aliphatic carbocycles. The summed E-state index contributed by atoms with van der Waals surface area (Å²) < 4.78 is 11.4. The topological polar surface area (TPSA) is 81.9 Å². The second kappa shape index (κ2) is 7.97. The van der Waals surface area contributed by atoms with Crippen molar-refractivity contribution in [1.82, 2.24) is 4.90 Å². The number of carbonyl (C=O) groups is 2. The number of carbonyl (C=O) groups excluding carboxylic acids is 2. The van der Waals surface area contributed by atoms with Crippen LogP contribution in [-0.4, -0.2) is 42.9 Å². The number of rotatable bonds is 7. The van der Waals surface area contributed by atoms with Gasteiger partial charge in [0.15, 0.2) is 0 Å². The zero-order valence-corrected chi connectivity index (χ0v) is 13.7. The van der Waals surface area contributed by atoms with Crippen LogP contribution in [0.25, 0.3) is 0 Å². The molecule has 1 atom stereocenters. The van der Waals surface area contributed by atoms with E-state index in [0.29, 0.717) is 56.2 Å². The summed E-state index contributed by atoms with van der Waals surface area (Å²) in [5.41, 5.74) is 6.34. The van der Waals surface area contributed by atoms with Crippen LogP contribution in [0.3, 0.4) is 0 Å². The highest BCUT2D eigenvalue weighted by Crippen LogP contribution is 2.38. The van der Waals surface area contributed by atoms with E-state index in [1.54, 1.807) is 0 Å². The predicted molar refractivity (Wildman–Crippen MR) is 86.5 cm³/mol. The number of ketones is 1. The van der Waals surface area contributed by atoms with Gasteiger partial charge in [-0.15, -0.1) is 0 Å². The van der Waals surface area contributed by atoms with Crippen molar-refractivity contribution in [3.05, 3.63) is 23.8 Å². The van der Waals surface area contributed by atoms with Gasteiger partial charge in [-0.05, 0) is 26.0 Å². The first-order valence-electron chi connectivity index (χ1n) is 8.02. The van der Waals surface area contributed by atoms with Crippen LogP contribution in [0.2, 0.25) is 0 Å². The van der Waals surface area contributed by atoms with E-state index in [4.69, 9.17) is 15.2 Å². The van der Waals surface area contributed by atoms with E-state index in [2.05, 4.69) is 0 Å². The van der Waals surface area contributed by atoms with Crippen LogP contribution >= 0.6 is 0 Å². The molecule has 2 N–H and O–H groups in total. The molecule has 1 unspecified atom stereocenters. The molecule has 2 rings (SSSR count). The lowest BCUT2D eigenvalue weighted by molar-refractivity contribution is -0.128.